The van der Waals surface area contributed by atoms with Gasteiger partial charge in [0.2, 0.25) is 11.8 Å². The quantitative estimate of drug-likeness (QED) is 0.216. The number of allylic oxidation sites excluding steroid dienone is 2. The number of aliphatic hydroxyl groups is 3. The third kappa shape index (κ3) is 6.94. The molecule has 3 N–H and O–H groups in total. The Labute approximate surface area is 261 Å². The van der Waals surface area contributed by atoms with Gasteiger partial charge in [0.05, 0.1) is 24.5 Å². The van der Waals surface area contributed by atoms with E-state index in [0.717, 1.165) is 68.5 Å². The second kappa shape index (κ2) is 14.8. The lowest BCUT2D eigenvalue weighted by Crippen LogP contribution is -2.47. The van der Waals surface area contributed by atoms with E-state index in [1.807, 2.05) is 30.3 Å². The molecule has 1 aromatic heterocycles. The first kappa shape index (κ1) is 32.4. The van der Waals surface area contributed by atoms with E-state index < -0.39 is 23.9 Å². The summed E-state index contributed by atoms with van der Waals surface area (Å²) in [4.78, 5) is 31.8. The number of benzene rings is 1. The molecule has 0 bridgehead atoms. The molecule has 2 fully saturated rings. The lowest BCUT2D eigenvalue weighted by Gasteiger charge is -2.37. The summed E-state index contributed by atoms with van der Waals surface area (Å²) in [6, 6.07) is 13.8. The van der Waals surface area contributed by atoms with Crippen molar-refractivity contribution in [3.63, 3.8) is 0 Å². The van der Waals surface area contributed by atoms with Crippen LogP contribution in [-0.2, 0) is 22.7 Å². The molecule has 5 rings (SSSR count). The average molecular weight is 605 g/mol. The Kier molecular flexibility index (Phi) is 10.9. The Morgan fingerprint density at radius 2 is 1.80 bits per heavy atom. The molecule has 2 saturated heterocycles. The van der Waals surface area contributed by atoms with Crippen molar-refractivity contribution in [3.05, 3.63) is 76.3 Å². The van der Waals surface area contributed by atoms with Crippen molar-refractivity contribution in [2.45, 2.75) is 90.5 Å². The molecule has 2 aromatic rings. The van der Waals surface area contributed by atoms with Crippen LogP contribution in [0.15, 0.2) is 63.6 Å². The smallest absolute Gasteiger partial charge is 0.234 e. The molecule has 0 unspecified atom stereocenters. The van der Waals surface area contributed by atoms with Crippen molar-refractivity contribution in [2.75, 3.05) is 19.7 Å². The van der Waals surface area contributed by atoms with Gasteiger partial charge in [-0.2, -0.15) is 0 Å². The zero-order valence-electron chi connectivity index (χ0n) is 26.2. The lowest BCUT2D eigenvalue weighted by atomic mass is 9.67. The van der Waals surface area contributed by atoms with Crippen LogP contribution in [0.2, 0.25) is 0 Å². The molecule has 0 saturated carbocycles. The number of carbonyl (C=O) groups is 2. The second-order valence-corrected chi connectivity index (χ2v) is 12.6. The molecule has 44 heavy (non-hydrogen) atoms. The Morgan fingerprint density at radius 3 is 2.43 bits per heavy atom. The molecule has 2 amide bonds. The molecule has 0 spiro atoms. The first-order chi connectivity index (χ1) is 21.4. The number of carbonyl (C=O) groups excluding carboxylic acids is 2. The molecular weight excluding hydrogens is 556 g/mol. The minimum absolute atomic E-state index is 0.0981. The van der Waals surface area contributed by atoms with Crippen LogP contribution < -0.4 is 0 Å². The van der Waals surface area contributed by atoms with Gasteiger partial charge in [0.25, 0.3) is 0 Å². The van der Waals surface area contributed by atoms with Crippen LogP contribution >= 0.6 is 0 Å². The molecule has 2 aliphatic heterocycles. The van der Waals surface area contributed by atoms with Crippen LogP contribution in [0, 0.1) is 17.8 Å². The topological polar surface area (TPSA) is 114 Å². The number of piperidine rings is 1. The number of amides is 2. The molecule has 238 valence electrons. The van der Waals surface area contributed by atoms with Crippen LogP contribution in [0.25, 0.3) is 6.08 Å². The van der Waals surface area contributed by atoms with E-state index in [0.29, 0.717) is 30.8 Å². The van der Waals surface area contributed by atoms with E-state index in [4.69, 9.17) is 4.42 Å². The zero-order chi connectivity index (χ0) is 31.2. The molecule has 3 aliphatic rings. The number of hydrogen-bond acceptors (Lipinski definition) is 7. The molecule has 0 radical (unpaired) electrons. The molecule has 8 heteroatoms. The van der Waals surface area contributed by atoms with E-state index >= 15 is 0 Å². The molecule has 4 atom stereocenters. The van der Waals surface area contributed by atoms with Crippen LogP contribution in [0.1, 0.15) is 82.3 Å². The number of aliphatic hydroxyl groups excluding tert-OH is 3. The molecular formula is C36H48N2O6. The monoisotopic (exact) mass is 604 g/mol. The zero-order valence-corrected chi connectivity index (χ0v) is 26.2. The third-order valence-electron chi connectivity index (χ3n) is 9.87. The van der Waals surface area contributed by atoms with Crippen LogP contribution in [0.4, 0.5) is 0 Å². The maximum absolute atomic E-state index is 14.0. The van der Waals surface area contributed by atoms with Gasteiger partial charge in [0.15, 0.2) is 0 Å². The van der Waals surface area contributed by atoms with E-state index in [1.54, 1.807) is 11.0 Å². The van der Waals surface area contributed by atoms with Crippen molar-refractivity contribution in [2.24, 2.45) is 17.8 Å². The highest BCUT2D eigenvalue weighted by Crippen LogP contribution is 2.48. The Hall–Kier alpha value is -3.04. The molecule has 3 heterocycles. The van der Waals surface area contributed by atoms with Crippen molar-refractivity contribution < 1.29 is 29.3 Å². The highest BCUT2D eigenvalue weighted by molar-refractivity contribution is 6.06. The Balaban J connectivity index is 1.28. The minimum atomic E-state index is -0.813. The van der Waals surface area contributed by atoms with Gasteiger partial charge in [-0.1, -0.05) is 61.7 Å². The first-order valence-electron chi connectivity index (χ1n) is 16.4. The summed E-state index contributed by atoms with van der Waals surface area (Å²) in [5, 5.41) is 31.6. The van der Waals surface area contributed by atoms with E-state index in [-0.39, 0.29) is 31.1 Å². The normalized spacial score (nSPS) is 24.3. The van der Waals surface area contributed by atoms with Crippen molar-refractivity contribution in [3.8, 4) is 0 Å². The summed E-state index contributed by atoms with van der Waals surface area (Å²) in [6.07, 6.45) is 6.57. The summed E-state index contributed by atoms with van der Waals surface area (Å²) >= 11 is 0. The van der Waals surface area contributed by atoms with Crippen molar-refractivity contribution in [1.29, 1.82) is 0 Å². The van der Waals surface area contributed by atoms with Gasteiger partial charge in [0.1, 0.15) is 18.1 Å². The number of hydrogen-bond donors (Lipinski definition) is 3. The van der Waals surface area contributed by atoms with E-state index in [9.17, 15) is 24.9 Å². The standard InChI is InChI=1S/C36H48N2O6/c1-3-8-26-20-30-34(31(23-40)33(26)32(41)14-11-24(4-2)19-28-12-13-29(22-39)44-28)36(43)38(35(30)42)27-15-17-37(18-16-27)21-25-9-6-5-7-10-25/h5-7,9-10,12-13,19,27,30-32,34,39-41H,3-4,8,11,14-18,20-23H2,1-2H3/b24-19+/t30-,31+,32-,34-/m1/s1. The summed E-state index contributed by atoms with van der Waals surface area (Å²) in [5.41, 5.74) is 4.16. The fraction of sp³-hybridized carbons (Fsp3) is 0.556. The van der Waals surface area contributed by atoms with Gasteiger partial charge >= 0.3 is 0 Å². The largest absolute Gasteiger partial charge is 0.459 e. The van der Waals surface area contributed by atoms with Crippen molar-refractivity contribution in [1.82, 2.24) is 9.80 Å². The van der Waals surface area contributed by atoms with E-state index in [2.05, 4.69) is 30.9 Å². The summed E-state index contributed by atoms with van der Waals surface area (Å²) in [5.74, 6) is -0.749. The van der Waals surface area contributed by atoms with E-state index in [1.165, 1.54) is 5.56 Å². The minimum Gasteiger partial charge on any atom is -0.459 e. The van der Waals surface area contributed by atoms with Gasteiger partial charge in [-0.05, 0) is 74.3 Å². The number of likely N-dealkylation sites (tertiary alicyclic amines) is 2. The third-order valence-corrected chi connectivity index (χ3v) is 9.87. The van der Waals surface area contributed by atoms with Crippen molar-refractivity contribution >= 4 is 17.9 Å². The number of rotatable bonds is 13. The number of imide groups is 1. The molecule has 1 aliphatic carbocycles. The van der Waals surface area contributed by atoms with Crippen LogP contribution in [0.3, 0.4) is 0 Å². The Morgan fingerprint density at radius 1 is 1.05 bits per heavy atom. The lowest BCUT2D eigenvalue weighted by molar-refractivity contribution is -0.144. The first-order valence-corrected chi connectivity index (χ1v) is 16.4. The number of fused-ring (bicyclic) bond motifs is 1. The summed E-state index contributed by atoms with van der Waals surface area (Å²) in [7, 11) is 0. The van der Waals surface area contributed by atoms with Gasteiger partial charge in [0, 0.05) is 31.6 Å². The fourth-order valence-electron chi connectivity index (χ4n) is 7.65. The highest BCUT2D eigenvalue weighted by atomic mass is 16.4. The molecule has 1 aromatic carbocycles. The van der Waals surface area contributed by atoms with Gasteiger partial charge in [-0.3, -0.25) is 19.4 Å². The fourth-order valence-corrected chi connectivity index (χ4v) is 7.65. The molecule has 8 nitrogen and oxygen atoms in total. The Bertz CT molecular complexity index is 1340. The SMILES string of the molecule is CCCC1=C([C@H](O)CC/C(=C/c2ccc(CO)o2)CC)[C@H](CO)[C@@H]2C(=O)N(C3CCN(Cc4ccccc4)CC3)C(=O)[C@@H]2C1. The maximum atomic E-state index is 14.0. The second-order valence-electron chi connectivity index (χ2n) is 12.6. The predicted molar refractivity (Wildman–Crippen MR) is 169 cm³/mol. The maximum Gasteiger partial charge on any atom is 0.234 e. The predicted octanol–water partition coefficient (Wildman–Crippen LogP) is 5.08. The number of furan rings is 1. The summed E-state index contributed by atoms with van der Waals surface area (Å²) in [6.45, 7) is 6.22. The van der Waals surface area contributed by atoms with Crippen LogP contribution in [-0.4, -0.2) is 68.8 Å². The van der Waals surface area contributed by atoms with Gasteiger partial charge in [-0.25, -0.2) is 0 Å². The summed E-state index contributed by atoms with van der Waals surface area (Å²) < 4.78 is 5.63. The average Bonchev–Trinajstić information content (AvgIpc) is 3.60. The van der Waals surface area contributed by atoms with Gasteiger partial charge < -0.3 is 19.7 Å². The van der Waals surface area contributed by atoms with Crippen LogP contribution in [0.5, 0.6) is 0 Å². The van der Waals surface area contributed by atoms with Gasteiger partial charge in [-0.15, -0.1) is 0 Å². The number of nitrogens with zero attached hydrogens (tertiary/aromatic N) is 2. The highest BCUT2D eigenvalue weighted by Gasteiger charge is 2.56.